The van der Waals surface area contributed by atoms with E-state index in [1.165, 1.54) is 16.4 Å². The number of aliphatic hydroxyl groups excluding tert-OH is 1. The molecule has 0 heterocycles. The van der Waals surface area contributed by atoms with E-state index in [2.05, 4.69) is 11.8 Å². The lowest BCUT2D eigenvalue weighted by molar-refractivity contribution is 0.350. The monoisotopic (exact) mass is 315 g/mol. The third-order valence-corrected chi connectivity index (χ3v) is 5.14. The molecule has 0 aliphatic rings. The molecule has 0 bridgehead atoms. The minimum absolute atomic E-state index is 0.0871. The maximum absolute atomic E-state index is 12.5. The third kappa shape index (κ3) is 3.97. The minimum atomic E-state index is -3.58. The van der Waals surface area contributed by atoms with Gasteiger partial charge in [-0.25, -0.2) is 8.42 Å². The summed E-state index contributed by atoms with van der Waals surface area (Å²) >= 11 is 6.06. The van der Waals surface area contributed by atoms with Crippen LogP contribution < -0.4 is 0 Å². The Balaban J connectivity index is 3.19. The van der Waals surface area contributed by atoms with Crippen molar-refractivity contribution < 1.29 is 13.5 Å². The molecule has 1 rings (SSSR count). The Morgan fingerprint density at radius 2 is 2.05 bits per heavy atom. The van der Waals surface area contributed by atoms with Crippen molar-refractivity contribution in [3.63, 3.8) is 0 Å². The van der Waals surface area contributed by atoms with Crippen molar-refractivity contribution in [3.8, 4) is 11.8 Å². The molecule has 0 fully saturated rings. The van der Waals surface area contributed by atoms with E-state index in [0.717, 1.165) is 6.42 Å². The average molecular weight is 316 g/mol. The van der Waals surface area contributed by atoms with Crippen molar-refractivity contribution in [3.05, 3.63) is 28.8 Å². The van der Waals surface area contributed by atoms with Crippen LogP contribution in [0.1, 0.15) is 25.8 Å². The van der Waals surface area contributed by atoms with Crippen molar-refractivity contribution in [1.82, 2.24) is 4.31 Å². The van der Waals surface area contributed by atoms with Gasteiger partial charge in [0.15, 0.2) is 0 Å². The number of hydrogen-bond donors (Lipinski definition) is 1. The molecule has 6 heteroatoms. The summed E-state index contributed by atoms with van der Waals surface area (Å²) in [5, 5.41) is 8.78. The summed E-state index contributed by atoms with van der Waals surface area (Å²) in [5.74, 6) is 5.18. The molecule has 0 aromatic heterocycles. The summed E-state index contributed by atoms with van der Waals surface area (Å²) < 4.78 is 26.3. The number of benzene rings is 1. The Hall–Kier alpha value is -1.06. The van der Waals surface area contributed by atoms with E-state index >= 15 is 0 Å². The Bertz CT molecular complexity index is 617. The molecule has 0 saturated carbocycles. The predicted molar refractivity (Wildman–Crippen MR) is 80.1 cm³/mol. The van der Waals surface area contributed by atoms with Gasteiger partial charge in [-0.1, -0.05) is 37.3 Å². The normalized spacial score (nSPS) is 11.2. The second-order valence-electron chi connectivity index (χ2n) is 4.10. The van der Waals surface area contributed by atoms with E-state index in [1.54, 1.807) is 13.0 Å². The van der Waals surface area contributed by atoms with Crippen LogP contribution in [0.15, 0.2) is 23.1 Å². The fourth-order valence-electron chi connectivity index (χ4n) is 1.77. The molecule has 0 amide bonds. The molecule has 0 radical (unpaired) electrons. The molecule has 0 aliphatic heterocycles. The average Bonchev–Trinajstić information content (AvgIpc) is 2.42. The van der Waals surface area contributed by atoms with Crippen LogP contribution in [0.3, 0.4) is 0 Å². The van der Waals surface area contributed by atoms with Crippen molar-refractivity contribution in [1.29, 1.82) is 0 Å². The van der Waals surface area contributed by atoms with Crippen LogP contribution in [0.25, 0.3) is 0 Å². The molecular weight excluding hydrogens is 298 g/mol. The van der Waals surface area contributed by atoms with Crippen molar-refractivity contribution in [2.75, 3.05) is 19.7 Å². The van der Waals surface area contributed by atoms with Gasteiger partial charge in [-0.15, -0.1) is 0 Å². The van der Waals surface area contributed by atoms with E-state index in [1.807, 2.05) is 6.92 Å². The van der Waals surface area contributed by atoms with E-state index in [9.17, 15) is 8.42 Å². The maximum atomic E-state index is 12.5. The van der Waals surface area contributed by atoms with E-state index in [4.69, 9.17) is 16.7 Å². The Morgan fingerprint density at radius 1 is 1.35 bits per heavy atom. The van der Waals surface area contributed by atoms with Gasteiger partial charge in [0.05, 0.1) is 5.02 Å². The SMILES string of the molecule is CCCN(CC)S(=O)(=O)c1ccc(C#CCO)cc1Cl. The van der Waals surface area contributed by atoms with Gasteiger partial charge in [0, 0.05) is 18.7 Å². The molecule has 0 spiro atoms. The summed E-state index contributed by atoms with van der Waals surface area (Å²) in [4.78, 5) is 0.0871. The first kappa shape index (κ1) is 17.0. The highest BCUT2D eigenvalue weighted by atomic mass is 35.5. The molecule has 0 atom stereocenters. The van der Waals surface area contributed by atoms with Crippen LogP contribution in [-0.2, 0) is 10.0 Å². The number of rotatable bonds is 5. The fourth-order valence-corrected chi connectivity index (χ4v) is 3.83. The molecule has 0 aliphatic carbocycles. The lowest BCUT2D eigenvalue weighted by Crippen LogP contribution is -2.31. The summed E-state index contributed by atoms with van der Waals surface area (Å²) in [5.41, 5.74) is 0.571. The predicted octanol–water partition coefficient (Wildman–Crippen LogP) is 2.10. The number of sulfonamides is 1. The van der Waals surface area contributed by atoms with Crippen molar-refractivity contribution in [2.45, 2.75) is 25.2 Å². The molecule has 4 nitrogen and oxygen atoms in total. The van der Waals surface area contributed by atoms with Crippen LogP contribution in [0, 0.1) is 11.8 Å². The third-order valence-electron chi connectivity index (χ3n) is 2.69. The van der Waals surface area contributed by atoms with Gasteiger partial charge < -0.3 is 5.11 Å². The minimum Gasteiger partial charge on any atom is -0.384 e. The molecule has 1 N–H and O–H groups in total. The Morgan fingerprint density at radius 3 is 2.55 bits per heavy atom. The Kier molecular flexibility index (Phi) is 6.50. The number of halogens is 1. The van der Waals surface area contributed by atoms with Gasteiger partial charge in [-0.05, 0) is 24.6 Å². The van der Waals surface area contributed by atoms with Crippen molar-refractivity contribution in [2.24, 2.45) is 0 Å². The second-order valence-corrected chi connectivity index (χ2v) is 6.42. The van der Waals surface area contributed by atoms with Crippen LogP contribution >= 0.6 is 11.6 Å². The zero-order valence-electron chi connectivity index (χ0n) is 11.6. The van der Waals surface area contributed by atoms with E-state index < -0.39 is 10.0 Å². The molecular formula is C14H18ClNO3S. The van der Waals surface area contributed by atoms with Crippen LogP contribution in [0.5, 0.6) is 0 Å². The lowest BCUT2D eigenvalue weighted by Gasteiger charge is -2.20. The van der Waals surface area contributed by atoms with Gasteiger partial charge in [-0.3, -0.25) is 0 Å². The highest BCUT2D eigenvalue weighted by Gasteiger charge is 2.24. The number of hydrogen-bond acceptors (Lipinski definition) is 3. The van der Waals surface area contributed by atoms with Gasteiger partial charge >= 0.3 is 0 Å². The first-order valence-electron chi connectivity index (χ1n) is 6.36. The second kappa shape index (κ2) is 7.65. The quantitative estimate of drug-likeness (QED) is 0.847. The summed E-state index contributed by atoms with van der Waals surface area (Å²) in [6.45, 7) is 4.33. The van der Waals surface area contributed by atoms with E-state index in [-0.39, 0.29) is 16.5 Å². The van der Waals surface area contributed by atoms with E-state index in [0.29, 0.717) is 18.7 Å². The first-order chi connectivity index (χ1) is 9.47. The van der Waals surface area contributed by atoms with Crippen molar-refractivity contribution >= 4 is 21.6 Å². The van der Waals surface area contributed by atoms with Crippen LogP contribution in [0.2, 0.25) is 5.02 Å². The largest absolute Gasteiger partial charge is 0.384 e. The molecule has 0 saturated heterocycles. The highest BCUT2D eigenvalue weighted by Crippen LogP contribution is 2.25. The zero-order valence-corrected chi connectivity index (χ0v) is 13.1. The standard InChI is InChI=1S/C14H18ClNO3S/c1-3-9-16(4-2)20(18,19)14-8-7-12(6-5-10-17)11-13(14)15/h7-8,11,17H,3-4,9-10H2,1-2H3. The summed E-state index contributed by atoms with van der Waals surface area (Å²) in [7, 11) is -3.58. The topological polar surface area (TPSA) is 57.6 Å². The first-order valence-corrected chi connectivity index (χ1v) is 8.18. The molecule has 20 heavy (non-hydrogen) atoms. The van der Waals surface area contributed by atoms with Crippen LogP contribution in [-0.4, -0.2) is 37.5 Å². The molecule has 0 unspecified atom stereocenters. The smallest absolute Gasteiger partial charge is 0.244 e. The maximum Gasteiger partial charge on any atom is 0.244 e. The van der Waals surface area contributed by atoms with Gasteiger partial charge in [0.1, 0.15) is 11.5 Å². The zero-order chi connectivity index (χ0) is 15.2. The lowest BCUT2D eigenvalue weighted by atomic mass is 10.2. The molecule has 1 aromatic carbocycles. The van der Waals surface area contributed by atoms with Gasteiger partial charge in [0.25, 0.3) is 0 Å². The van der Waals surface area contributed by atoms with Gasteiger partial charge in [-0.2, -0.15) is 4.31 Å². The summed E-state index contributed by atoms with van der Waals surface area (Å²) in [6.07, 6.45) is 0.741. The van der Waals surface area contributed by atoms with Crippen LogP contribution in [0.4, 0.5) is 0 Å². The Labute approximate surface area is 125 Å². The number of nitrogens with zero attached hydrogens (tertiary/aromatic N) is 1. The van der Waals surface area contributed by atoms with Gasteiger partial charge in [0.2, 0.25) is 10.0 Å². The highest BCUT2D eigenvalue weighted by molar-refractivity contribution is 7.89. The summed E-state index contributed by atoms with van der Waals surface area (Å²) in [6, 6.07) is 4.54. The molecule has 110 valence electrons. The fraction of sp³-hybridized carbons (Fsp3) is 0.429. The number of aliphatic hydroxyl groups is 1. The molecule has 1 aromatic rings.